The van der Waals surface area contributed by atoms with Gasteiger partial charge in [0.25, 0.3) is 0 Å². The minimum absolute atomic E-state index is 0.137. The van der Waals surface area contributed by atoms with Crippen molar-refractivity contribution in [2.24, 2.45) is 0 Å². The number of hydrogen-bond acceptors (Lipinski definition) is 5. The molecule has 4 nitrogen and oxygen atoms in total. The number of hydroxylamine groups is 1. The zero-order chi connectivity index (χ0) is 12.1. The Balaban J connectivity index is 2.90. The summed E-state index contributed by atoms with van der Waals surface area (Å²) in [6.07, 6.45) is 0. The summed E-state index contributed by atoms with van der Waals surface area (Å²) in [5.74, 6) is 0. The lowest BCUT2D eigenvalue weighted by molar-refractivity contribution is 0.183. The van der Waals surface area contributed by atoms with Crippen molar-refractivity contribution < 1.29 is 9.94 Å². The van der Waals surface area contributed by atoms with Crippen LogP contribution in [0, 0.1) is 0 Å². The van der Waals surface area contributed by atoms with Crippen molar-refractivity contribution in [1.29, 1.82) is 0 Å². The minimum Gasteiger partial charge on any atom is -0.395 e. The fourth-order valence-electron chi connectivity index (χ4n) is 1.39. The fourth-order valence-corrected chi connectivity index (χ4v) is 1.74. The van der Waals surface area contributed by atoms with Crippen molar-refractivity contribution in [2.45, 2.75) is 4.90 Å². The van der Waals surface area contributed by atoms with E-state index in [1.54, 1.807) is 12.2 Å². The highest BCUT2D eigenvalue weighted by molar-refractivity contribution is 7.80. The van der Waals surface area contributed by atoms with Crippen LogP contribution < -0.4 is 9.96 Å². The first kappa shape index (κ1) is 13.2. The molecular formula is C11H18N2O2S. The summed E-state index contributed by atoms with van der Waals surface area (Å²) < 4.78 is 0. The number of thiol groups is 1. The number of likely N-dealkylation sites (N-methyl/N-ethyl adjacent to an activating group) is 1. The number of rotatable bonds is 5. The van der Waals surface area contributed by atoms with E-state index in [1.165, 1.54) is 0 Å². The molecule has 0 aliphatic rings. The van der Waals surface area contributed by atoms with E-state index >= 15 is 0 Å². The van der Waals surface area contributed by atoms with Crippen molar-refractivity contribution in [2.75, 3.05) is 44.3 Å². The standard InChI is InChI=1S/C11H18N2O2S/c1-12(6-7-14)9-4-5-10(11(16)8-9)13(2)15-3/h4-5,8,14,16H,6-7H2,1-3H3. The maximum atomic E-state index is 8.86. The number of nitrogens with zero attached hydrogens (tertiary/aromatic N) is 2. The molecule has 0 aliphatic heterocycles. The molecule has 0 heterocycles. The molecule has 0 saturated heterocycles. The largest absolute Gasteiger partial charge is 0.395 e. The van der Waals surface area contributed by atoms with Gasteiger partial charge in [-0.3, -0.25) is 9.90 Å². The predicted octanol–water partition coefficient (Wildman–Crippen LogP) is 1.40. The van der Waals surface area contributed by atoms with Crippen molar-refractivity contribution in [3.8, 4) is 0 Å². The molecule has 0 atom stereocenters. The summed E-state index contributed by atoms with van der Waals surface area (Å²) >= 11 is 4.41. The van der Waals surface area contributed by atoms with Crippen molar-refractivity contribution in [1.82, 2.24) is 0 Å². The molecule has 90 valence electrons. The van der Waals surface area contributed by atoms with Gasteiger partial charge >= 0.3 is 0 Å². The van der Waals surface area contributed by atoms with Gasteiger partial charge in [0.15, 0.2) is 0 Å². The number of hydrogen-bond donors (Lipinski definition) is 2. The maximum absolute atomic E-state index is 8.86. The Hall–Kier alpha value is -0.910. The van der Waals surface area contributed by atoms with Crippen molar-refractivity contribution in [3.63, 3.8) is 0 Å². The van der Waals surface area contributed by atoms with Crippen LogP contribution in [0.2, 0.25) is 0 Å². The van der Waals surface area contributed by atoms with Gasteiger partial charge in [-0.05, 0) is 18.2 Å². The molecule has 1 aromatic rings. The van der Waals surface area contributed by atoms with Gasteiger partial charge in [0, 0.05) is 31.2 Å². The van der Waals surface area contributed by atoms with Crippen LogP contribution >= 0.6 is 12.6 Å². The normalized spacial score (nSPS) is 10.3. The zero-order valence-corrected chi connectivity index (χ0v) is 10.7. The second kappa shape index (κ2) is 5.98. The smallest absolute Gasteiger partial charge is 0.0767 e. The third-order valence-electron chi connectivity index (χ3n) is 2.45. The quantitative estimate of drug-likeness (QED) is 0.604. The van der Waals surface area contributed by atoms with Crippen LogP contribution in [0.1, 0.15) is 0 Å². The van der Waals surface area contributed by atoms with Crippen LogP contribution in [0.15, 0.2) is 23.1 Å². The average molecular weight is 242 g/mol. The Labute approximate surface area is 102 Å². The van der Waals surface area contributed by atoms with Gasteiger partial charge in [-0.15, -0.1) is 12.6 Å². The third-order valence-corrected chi connectivity index (χ3v) is 2.81. The monoisotopic (exact) mass is 242 g/mol. The Morgan fingerprint density at radius 3 is 2.56 bits per heavy atom. The minimum atomic E-state index is 0.137. The van der Waals surface area contributed by atoms with E-state index in [9.17, 15) is 0 Å². The first-order chi connectivity index (χ1) is 7.60. The summed E-state index contributed by atoms with van der Waals surface area (Å²) in [6, 6.07) is 5.86. The molecule has 1 aromatic carbocycles. The first-order valence-corrected chi connectivity index (χ1v) is 5.47. The van der Waals surface area contributed by atoms with Gasteiger partial charge < -0.3 is 10.0 Å². The molecule has 16 heavy (non-hydrogen) atoms. The Morgan fingerprint density at radius 2 is 2.06 bits per heavy atom. The van der Waals surface area contributed by atoms with Gasteiger partial charge in [-0.2, -0.15) is 0 Å². The number of aliphatic hydroxyl groups is 1. The van der Waals surface area contributed by atoms with Crippen LogP contribution in [-0.4, -0.2) is 39.5 Å². The average Bonchev–Trinajstić information content (AvgIpc) is 2.28. The van der Waals surface area contributed by atoms with Crippen LogP contribution in [0.4, 0.5) is 11.4 Å². The van der Waals surface area contributed by atoms with Crippen molar-refractivity contribution in [3.05, 3.63) is 18.2 Å². The maximum Gasteiger partial charge on any atom is 0.0767 e. The van der Waals surface area contributed by atoms with Crippen molar-refractivity contribution >= 4 is 24.0 Å². The SMILES string of the molecule is CON(C)c1ccc(N(C)CCO)cc1S. The van der Waals surface area contributed by atoms with E-state index < -0.39 is 0 Å². The molecule has 0 spiro atoms. The highest BCUT2D eigenvalue weighted by Gasteiger charge is 2.07. The molecule has 1 N–H and O–H groups in total. The summed E-state index contributed by atoms with van der Waals surface area (Å²) in [6.45, 7) is 0.741. The molecule has 0 amide bonds. The van der Waals surface area contributed by atoms with E-state index in [4.69, 9.17) is 9.94 Å². The van der Waals surface area contributed by atoms with Gasteiger partial charge in [0.2, 0.25) is 0 Å². The lowest BCUT2D eigenvalue weighted by Gasteiger charge is -2.22. The van der Waals surface area contributed by atoms with Gasteiger partial charge in [-0.1, -0.05) is 0 Å². The molecule has 0 aliphatic carbocycles. The lowest BCUT2D eigenvalue weighted by atomic mass is 10.2. The molecule has 0 unspecified atom stereocenters. The van der Waals surface area contributed by atoms with E-state index in [1.807, 2.05) is 37.2 Å². The Morgan fingerprint density at radius 1 is 1.38 bits per heavy atom. The number of benzene rings is 1. The summed E-state index contributed by atoms with van der Waals surface area (Å²) in [5, 5.41) is 10.5. The van der Waals surface area contributed by atoms with E-state index in [2.05, 4.69) is 12.6 Å². The number of anilines is 2. The van der Waals surface area contributed by atoms with Gasteiger partial charge in [0.1, 0.15) is 0 Å². The molecule has 0 fully saturated rings. The van der Waals surface area contributed by atoms with Crippen LogP contribution in [0.25, 0.3) is 0 Å². The third kappa shape index (κ3) is 3.04. The molecule has 5 heteroatoms. The van der Waals surface area contributed by atoms with E-state index in [0.717, 1.165) is 16.3 Å². The Bertz CT molecular complexity index is 347. The second-order valence-corrected chi connectivity index (χ2v) is 3.98. The molecule has 0 bridgehead atoms. The van der Waals surface area contributed by atoms with Crippen LogP contribution in [0.5, 0.6) is 0 Å². The predicted molar refractivity (Wildman–Crippen MR) is 69.5 cm³/mol. The lowest BCUT2D eigenvalue weighted by Crippen LogP contribution is -2.21. The zero-order valence-electron chi connectivity index (χ0n) is 9.84. The molecule has 0 aromatic heterocycles. The van der Waals surface area contributed by atoms with Gasteiger partial charge in [0.05, 0.1) is 19.4 Å². The van der Waals surface area contributed by atoms with E-state index in [-0.39, 0.29) is 6.61 Å². The summed E-state index contributed by atoms with van der Waals surface area (Å²) in [5.41, 5.74) is 1.93. The number of aliphatic hydroxyl groups excluding tert-OH is 1. The van der Waals surface area contributed by atoms with E-state index in [0.29, 0.717) is 6.54 Å². The van der Waals surface area contributed by atoms with Crippen LogP contribution in [0.3, 0.4) is 0 Å². The summed E-state index contributed by atoms with van der Waals surface area (Å²) in [4.78, 5) is 7.90. The fraction of sp³-hybridized carbons (Fsp3) is 0.455. The second-order valence-electron chi connectivity index (χ2n) is 3.50. The van der Waals surface area contributed by atoms with Gasteiger partial charge in [-0.25, -0.2) is 0 Å². The Kier molecular flexibility index (Phi) is 4.92. The molecule has 0 radical (unpaired) electrons. The molecule has 0 saturated carbocycles. The summed E-state index contributed by atoms with van der Waals surface area (Å²) in [7, 11) is 5.36. The molecule has 1 rings (SSSR count). The van der Waals surface area contributed by atoms with Crippen LogP contribution in [-0.2, 0) is 4.84 Å². The molecular weight excluding hydrogens is 224 g/mol. The first-order valence-electron chi connectivity index (χ1n) is 5.03. The topological polar surface area (TPSA) is 35.9 Å². The highest BCUT2D eigenvalue weighted by atomic mass is 32.1. The highest BCUT2D eigenvalue weighted by Crippen LogP contribution is 2.27.